The first-order valence-corrected chi connectivity index (χ1v) is 10.5. The predicted molar refractivity (Wildman–Crippen MR) is 106 cm³/mol. The Morgan fingerprint density at radius 2 is 2.08 bits per heavy atom. The van der Waals surface area contributed by atoms with Gasteiger partial charge in [0.15, 0.2) is 4.80 Å². The van der Waals surface area contributed by atoms with E-state index in [2.05, 4.69) is 36.9 Å². The van der Waals surface area contributed by atoms with Gasteiger partial charge in [-0.3, -0.25) is 4.79 Å². The number of thiazole rings is 1. The molecule has 1 amide bonds. The molecule has 2 heterocycles. The lowest BCUT2D eigenvalue weighted by Gasteiger charge is -2.05. The number of amides is 1. The Balaban J connectivity index is 2.06. The maximum absolute atomic E-state index is 12.4. The fourth-order valence-corrected chi connectivity index (χ4v) is 5.10. The van der Waals surface area contributed by atoms with Gasteiger partial charge in [0.2, 0.25) is 0 Å². The van der Waals surface area contributed by atoms with Crippen LogP contribution in [0.25, 0.3) is 10.2 Å². The van der Waals surface area contributed by atoms with Gasteiger partial charge in [-0.2, -0.15) is 4.99 Å². The molecule has 0 unspecified atom stereocenters. The number of nitrogens with zero attached hydrogens (tertiary/aromatic N) is 2. The number of halogens is 2. The molecule has 3 rings (SSSR count). The first-order chi connectivity index (χ1) is 11.6. The molecule has 2 aromatic heterocycles. The van der Waals surface area contributed by atoms with Crippen LogP contribution in [0.3, 0.4) is 0 Å². The number of rotatable bonds is 5. The van der Waals surface area contributed by atoms with Gasteiger partial charge in [-0.15, -0.1) is 11.3 Å². The number of benzene rings is 1. The van der Waals surface area contributed by atoms with E-state index in [1.54, 1.807) is 6.07 Å². The number of carbonyl (C=O) groups is 1. The molecule has 0 fully saturated rings. The molecule has 8 heteroatoms. The fraction of sp³-hybridized carbons (Fsp3) is 0.250. The number of hydrogen-bond acceptors (Lipinski definition) is 4. The van der Waals surface area contributed by atoms with Gasteiger partial charge in [0, 0.05) is 17.6 Å². The number of thiophene rings is 1. The Morgan fingerprint density at radius 3 is 2.79 bits per heavy atom. The van der Waals surface area contributed by atoms with Crippen molar-refractivity contribution in [2.24, 2.45) is 4.99 Å². The molecule has 24 heavy (non-hydrogen) atoms. The highest BCUT2D eigenvalue weighted by molar-refractivity contribution is 9.11. The third-order valence-corrected chi connectivity index (χ3v) is 6.44. The summed E-state index contributed by atoms with van der Waals surface area (Å²) in [7, 11) is 0. The Hall–Kier alpha value is -0.800. The van der Waals surface area contributed by atoms with Crippen molar-refractivity contribution in [3.8, 4) is 0 Å². The molecule has 126 valence electrons. The van der Waals surface area contributed by atoms with E-state index in [1.807, 2.05) is 35.8 Å². The van der Waals surface area contributed by atoms with Gasteiger partial charge < -0.3 is 9.30 Å². The molecule has 0 atom stereocenters. The molecule has 0 saturated heterocycles. The molecule has 0 spiro atoms. The van der Waals surface area contributed by atoms with Crippen LogP contribution in [0.4, 0.5) is 0 Å². The first kappa shape index (κ1) is 18.0. The highest BCUT2D eigenvalue weighted by Gasteiger charge is 2.11. The second-order valence-electron chi connectivity index (χ2n) is 4.87. The minimum absolute atomic E-state index is 0.221. The van der Waals surface area contributed by atoms with Gasteiger partial charge in [-0.1, -0.05) is 27.3 Å². The van der Waals surface area contributed by atoms with Gasteiger partial charge in [0.25, 0.3) is 5.91 Å². The van der Waals surface area contributed by atoms with Crippen LogP contribution in [-0.2, 0) is 11.3 Å². The number of hydrogen-bond donors (Lipinski definition) is 0. The molecular formula is C16H14Br2N2O2S2. The van der Waals surface area contributed by atoms with Crippen LogP contribution >= 0.6 is 54.5 Å². The highest BCUT2D eigenvalue weighted by Crippen LogP contribution is 2.24. The molecule has 1 aromatic carbocycles. The summed E-state index contributed by atoms with van der Waals surface area (Å²) in [5.74, 6) is -0.221. The standard InChI is InChI=1S/C16H14Br2N2O2S2/c1-2-22-8-7-20-11-4-3-10(17)9-13(11)24-16(20)19-15(21)12-5-6-14(18)23-12/h3-6,9H,2,7-8H2,1H3. The van der Waals surface area contributed by atoms with Gasteiger partial charge in [-0.05, 0) is 53.2 Å². The minimum atomic E-state index is -0.221. The van der Waals surface area contributed by atoms with E-state index in [1.165, 1.54) is 22.7 Å². The fourth-order valence-electron chi connectivity index (χ4n) is 2.22. The minimum Gasteiger partial charge on any atom is -0.380 e. The lowest BCUT2D eigenvalue weighted by molar-refractivity contribution is 0.100. The number of fused-ring (bicyclic) bond motifs is 1. The third kappa shape index (κ3) is 4.05. The Kier molecular flexibility index (Phi) is 6.04. The first-order valence-electron chi connectivity index (χ1n) is 7.29. The number of aromatic nitrogens is 1. The lowest BCUT2D eigenvalue weighted by atomic mass is 10.3. The highest BCUT2D eigenvalue weighted by atomic mass is 79.9. The van der Waals surface area contributed by atoms with Gasteiger partial charge in [0.1, 0.15) is 0 Å². The van der Waals surface area contributed by atoms with Crippen molar-refractivity contribution < 1.29 is 9.53 Å². The zero-order valence-corrected chi connectivity index (χ0v) is 17.6. The average molecular weight is 490 g/mol. The second kappa shape index (κ2) is 8.05. The van der Waals surface area contributed by atoms with Crippen molar-refractivity contribution in [2.45, 2.75) is 13.5 Å². The van der Waals surface area contributed by atoms with Gasteiger partial charge in [-0.25, -0.2) is 0 Å². The van der Waals surface area contributed by atoms with Crippen molar-refractivity contribution >= 4 is 70.7 Å². The largest absolute Gasteiger partial charge is 0.380 e. The predicted octanol–water partition coefficient (Wildman–Crippen LogP) is 5.07. The summed E-state index contributed by atoms with van der Waals surface area (Å²) in [6.45, 7) is 3.89. The van der Waals surface area contributed by atoms with Crippen molar-refractivity contribution in [3.63, 3.8) is 0 Å². The van der Waals surface area contributed by atoms with Gasteiger partial charge >= 0.3 is 0 Å². The lowest BCUT2D eigenvalue weighted by Crippen LogP contribution is -2.19. The molecule has 4 nitrogen and oxygen atoms in total. The summed E-state index contributed by atoms with van der Waals surface area (Å²) in [6.07, 6.45) is 0. The molecule has 3 aromatic rings. The van der Waals surface area contributed by atoms with Crippen LogP contribution in [0.1, 0.15) is 16.6 Å². The number of carbonyl (C=O) groups excluding carboxylic acids is 1. The zero-order chi connectivity index (χ0) is 17.1. The second-order valence-corrected chi connectivity index (χ2v) is 9.25. The third-order valence-electron chi connectivity index (χ3n) is 3.29. The van der Waals surface area contributed by atoms with Crippen molar-refractivity contribution in [3.05, 3.63) is 48.3 Å². The summed E-state index contributed by atoms with van der Waals surface area (Å²) < 4.78 is 10.5. The van der Waals surface area contributed by atoms with Crippen LogP contribution in [0.5, 0.6) is 0 Å². The van der Waals surface area contributed by atoms with E-state index in [0.717, 1.165) is 18.5 Å². The van der Waals surface area contributed by atoms with E-state index in [9.17, 15) is 4.79 Å². The molecule has 0 N–H and O–H groups in total. The monoisotopic (exact) mass is 488 g/mol. The topological polar surface area (TPSA) is 43.6 Å². The molecule has 0 saturated carbocycles. The number of ether oxygens (including phenoxy) is 1. The maximum atomic E-state index is 12.4. The average Bonchev–Trinajstić information content (AvgIpc) is 3.11. The van der Waals surface area contributed by atoms with Crippen molar-refractivity contribution in [1.82, 2.24) is 4.57 Å². The van der Waals surface area contributed by atoms with Crippen LogP contribution in [0, 0.1) is 0 Å². The summed E-state index contributed by atoms with van der Waals surface area (Å²) >= 11 is 9.77. The maximum Gasteiger partial charge on any atom is 0.289 e. The summed E-state index contributed by atoms with van der Waals surface area (Å²) in [5, 5.41) is 0. The molecule has 0 bridgehead atoms. The Morgan fingerprint density at radius 1 is 1.25 bits per heavy atom. The summed E-state index contributed by atoms with van der Waals surface area (Å²) in [5.41, 5.74) is 1.06. The van der Waals surface area contributed by atoms with E-state index in [-0.39, 0.29) is 5.91 Å². The molecular weight excluding hydrogens is 476 g/mol. The van der Waals surface area contributed by atoms with Crippen LogP contribution in [-0.4, -0.2) is 23.7 Å². The van der Waals surface area contributed by atoms with E-state index < -0.39 is 0 Å². The smallest absolute Gasteiger partial charge is 0.289 e. The van der Waals surface area contributed by atoms with E-state index in [0.29, 0.717) is 29.4 Å². The Labute approximate surface area is 164 Å². The molecule has 0 radical (unpaired) electrons. The van der Waals surface area contributed by atoms with Gasteiger partial charge in [0.05, 0.1) is 25.5 Å². The molecule has 0 aliphatic carbocycles. The SMILES string of the molecule is CCOCCn1c(=NC(=O)c2ccc(Br)s2)sc2cc(Br)ccc21. The molecule has 0 aliphatic heterocycles. The molecule has 0 aliphatic rings. The van der Waals surface area contributed by atoms with Crippen LogP contribution in [0.15, 0.2) is 43.6 Å². The van der Waals surface area contributed by atoms with Crippen LogP contribution in [0.2, 0.25) is 0 Å². The van der Waals surface area contributed by atoms with Crippen molar-refractivity contribution in [1.29, 1.82) is 0 Å². The quantitative estimate of drug-likeness (QED) is 0.469. The normalized spacial score (nSPS) is 12.2. The van der Waals surface area contributed by atoms with E-state index >= 15 is 0 Å². The van der Waals surface area contributed by atoms with Crippen LogP contribution < -0.4 is 4.80 Å². The Bertz CT molecular complexity index is 943. The zero-order valence-electron chi connectivity index (χ0n) is 12.8. The summed E-state index contributed by atoms with van der Waals surface area (Å²) in [4.78, 5) is 18.1. The summed E-state index contributed by atoms with van der Waals surface area (Å²) in [6, 6.07) is 9.72. The van der Waals surface area contributed by atoms with E-state index in [4.69, 9.17) is 4.74 Å². The van der Waals surface area contributed by atoms with Crippen molar-refractivity contribution in [2.75, 3.05) is 13.2 Å².